The Hall–Kier alpha value is -3.74. The molecule has 0 aliphatic rings. The number of nitrogens with zero attached hydrogens (tertiary/aromatic N) is 2. The molecule has 4 aromatic rings. The Morgan fingerprint density at radius 2 is 0.639 bits per heavy atom. The third-order valence-corrected chi connectivity index (χ3v) is 9.02. The number of hydrogen-bond acceptors (Lipinski definition) is 8. The SMILES string of the molecule is CCCCOc1ccc(/C=C/c2ccncc2)c(OCCCC)c1OCCCC.CCCCOc1ccc(/C=C/c2ccncc2)c(OCCCC)c1OCCCC.[Cl-].[Cl-].[Pd]. The van der Waals surface area contributed by atoms with Crippen LogP contribution in [0.1, 0.15) is 141 Å². The second-order valence-electron chi connectivity index (χ2n) is 14.1. The molecule has 0 unspecified atom stereocenters. The molecule has 0 aliphatic heterocycles. The number of ether oxygens (including phenoxy) is 6. The summed E-state index contributed by atoms with van der Waals surface area (Å²) < 4.78 is 36.8. The zero-order valence-electron chi connectivity index (χ0n) is 37.4. The third-order valence-electron chi connectivity index (χ3n) is 9.02. The minimum absolute atomic E-state index is 0. The Morgan fingerprint density at radius 3 is 0.934 bits per heavy atom. The van der Waals surface area contributed by atoms with E-state index >= 15 is 0 Å². The molecule has 2 aromatic heterocycles. The van der Waals surface area contributed by atoms with Crippen molar-refractivity contribution in [3.05, 3.63) is 95.6 Å². The maximum atomic E-state index is 6.21. The van der Waals surface area contributed by atoms with E-state index in [0.29, 0.717) is 39.6 Å². The van der Waals surface area contributed by atoms with E-state index in [4.69, 9.17) is 28.4 Å². The smallest absolute Gasteiger partial charge is 0.204 e. The van der Waals surface area contributed by atoms with Crippen LogP contribution in [0.2, 0.25) is 0 Å². The molecule has 0 aliphatic carbocycles. The first kappa shape index (κ1) is 57.3. The van der Waals surface area contributed by atoms with Crippen LogP contribution in [0.25, 0.3) is 24.3 Å². The van der Waals surface area contributed by atoms with Crippen molar-refractivity contribution in [2.24, 2.45) is 0 Å². The summed E-state index contributed by atoms with van der Waals surface area (Å²) in [5.74, 6) is 4.53. The summed E-state index contributed by atoms with van der Waals surface area (Å²) in [6.45, 7) is 17.0. The summed E-state index contributed by atoms with van der Waals surface area (Å²) in [6, 6.07) is 16.0. The zero-order chi connectivity index (χ0) is 41.5. The Balaban J connectivity index is 0.00000112. The molecule has 0 saturated carbocycles. The van der Waals surface area contributed by atoms with Gasteiger partial charge in [0.15, 0.2) is 23.0 Å². The van der Waals surface area contributed by atoms with Gasteiger partial charge in [0.25, 0.3) is 0 Å². The summed E-state index contributed by atoms with van der Waals surface area (Å²) >= 11 is 0. The molecule has 0 bridgehead atoms. The van der Waals surface area contributed by atoms with Crippen LogP contribution in [0.4, 0.5) is 0 Å². The molecule has 342 valence electrons. The van der Waals surface area contributed by atoms with E-state index in [-0.39, 0.29) is 45.2 Å². The number of aromatic nitrogens is 2. The van der Waals surface area contributed by atoms with E-state index in [1.165, 1.54) is 0 Å². The van der Waals surface area contributed by atoms with Crippen LogP contribution in [0.15, 0.2) is 73.3 Å². The van der Waals surface area contributed by atoms with Gasteiger partial charge in [0.2, 0.25) is 11.5 Å². The molecule has 0 saturated heterocycles. The molecule has 0 amide bonds. The molecule has 2 heterocycles. The molecule has 4 rings (SSSR count). The average Bonchev–Trinajstić information content (AvgIpc) is 3.25. The van der Waals surface area contributed by atoms with Gasteiger partial charge < -0.3 is 53.2 Å². The van der Waals surface area contributed by atoms with Gasteiger partial charge in [-0.1, -0.05) is 104 Å². The zero-order valence-corrected chi connectivity index (χ0v) is 40.4. The quantitative estimate of drug-likeness (QED) is 0.0426. The van der Waals surface area contributed by atoms with Gasteiger partial charge in [0.05, 0.1) is 39.6 Å². The second-order valence-corrected chi connectivity index (χ2v) is 14.1. The third kappa shape index (κ3) is 22.3. The number of hydrogen-bond donors (Lipinski definition) is 0. The van der Waals surface area contributed by atoms with Crippen LogP contribution in [0.5, 0.6) is 34.5 Å². The number of benzene rings is 2. The van der Waals surface area contributed by atoms with Gasteiger partial charge in [0.1, 0.15) is 0 Å². The van der Waals surface area contributed by atoms with E-state index in [0.717, 1.165) is 134 Å². The molecule has 0 radical (unpaired) electrons. The van der Waals surface area contributed by atoms with Crippen molar-refractivity contribution < 1.29 is 73.7 Å². The first-order valence-electron chi connectivity index (χ1n) is 21.9. The normalized spacial score (nSPS) is 10.5. The van der Waals surface area contributed by atoms with Gasteiger partial charge in [-0.3, -0.25) is 9.97 Å². The Labute approximate surface area is 394 Å². The predicted molar refractivity (Wildman–Crippen MR) is 242 cm³/mol. The molecule has 61 heavy (non-hydrogen) atoms. The van der Waals surface area contributed by atoms with Crippen LogP contribution in [0, 0.1) is 0 Å². The minimum Gasteiger partial charge on any atom is -1.00 e. The first-order valence-corrected chi connectivity index (χ1v) is 21.9. The predicted octanol–water partition coefficient (Wildman–Crippen LogP) is 7.58. The van der Waals surface area contributed by atoms with Gasteiger partial charge in [-0.05, 0) is 98.2 Å². The van der Waals surface area contributed by atoms with Gasteiger partial charge in [-0.25, -0.2) is 0 Å². The number of halogens is 2. The molecule has 0 spiro atoms. The summed E-state index contributed by atoms with van der Waals surface area (Å²) in [7, 11) is 0. The van der Waals surface area contributed by atoms with E-state index in [9.17, 15) is 0 Å². The summed E-state index contributed by atoms with van der Waals surface area (Å²) in [5, 5.41) is 0. The average molecular weight is 972 g/mol. The largest absolute Gasteiger partial charge is 1.00 e. The number of rotatable bonds is 28. The monoisotopic (exact) mass is 970 g/mol. The van der Waals surface area contributed by atoms with Crippen molar-refractivity contribution in [3.63, 3.8) is 0 Å². The Morgan fingerprint density at radius 1 is 0.361 bits per heavy atom. The van der Waals surface area contributed by atoms with Crippen molar-refractivity contribution in [2.75, 3.05) is 39.6 Å². The van der Waals surface area contributed by atoms with Gasteiger partial charge in [-0.15, -0.1) is 0 Å². The van der Waals surface area contributed by atoms with Crippen molar-refractivity contribution in [3.8, 4) is 34.5 Å². The molecular weight excluding hydrogens is 902 g/mol. The topological polar surface area (TPSA) is 81.2 Å². The fourth-order valence-corrected chi connectivity index (χ4v) is 5.43. The van der Waals surface area contributed by atoms with E-state index in [1.807, 2.05) is 48.5 Å². The number of pyridine rings is 2. The summed E-state index contributed by atoms with van der Waals surface area (Å²) in [6.07, 6.45) is 28.0. The molecule has 11 heteroatoms. The Kier molecular flexibility index (Phi) is 34.6. The standard InChI is InChI=1S/2C25H35NO3.2ClH.Pd/c2*1-4-7-18-27-23-13-12-22(11-10-21-14-16-26-17-15-21)24(28-19-8-5-2)25(23)29-20-9-6-3;;;/h2*10-17H,4-9,18-20H2,1-3H3;2*1H;/p-2/b2*11-10+;;;. The first-order chi connectivity index (χ1) is 28.6. The fraction of sp³-hybridized carbons (Fsp3) is 0.480. The van der Waals surface area contributed by atoms with Crippen molar-refractivity contribution in [2.45, 2.75) is 119 Å². The molecule has 8 nitrogen and oxygen atoms in total. The fourth-order valence-electron chi connectivity index (χ4n) is 5.43. The van der Waals surface area contributed by atoms with Crippen LogP contribution in [0.3, 0.4) is 0 Å². The van der Waals surface area contributed by atoms with Crippen molar-refractivity contribution >= 4 is 24.3 Å². The number of unbranched alkanes of at least 4 members (excludes halogenated alkanes) is 6. The molecule has 0 N–H and O–H groups in total. The maximum Gasteiger partial charge on any atom is 0.204 e. The van der Waals surface area contributed by atoms with Crippen LogP contribution >= 0.6 is 0 Å². The molecular formula is C50H70Cl2N2O6Pd-2. The van der Waals surface area contributed by atoms with Gasteiger partial charge in [-0.2, -0.15) is 0 Å². The second kappa shape index (κ2) is 36.9. The minimum atomic E-state index is 0. The van der Waals surface area contributed by atoms with Crippen LogP contribution in [-0.2, 0) is 20.4 Å². The van der Waals surface area contributed by atoms with Gasteiger partial charge in [0, 0.05) is 56.3 Å². The van der Waals surface area contributed by atoms with Crippen molar-refractivity contribution in [1.29, 1.82) is 0 Å². The van der Waals surface area contributed by atoms with Crippen LogP contribution in [-0.4, -0.2) is 49.6 Å². The summed E-state index contributed by atoms with van der Waals surface area (Å²) in [5.41, 5.74) is 4.17. The van der Waals surface area contributed by atoms with Gasteiger partial charge >= 0.3 is 0 Å². The van der Waals surface area contributed by atoms with E-state index in [2.05, 4.69) is 75.8 Å². The molecule has 2 aromatic carbocycles. The van der Waals surface area contributed by atoms with Crippen LogP contribution < -0.4 is 53.2 Å². The van der Waals surface area contributed by atoms with Crippen molar-refractivity contribution in [1.82, 2.24) is 9.97 Å². The maximum absolute atomic E-state index is 6.21. The molecule has 0 fully saturated rings. The molecule has 0 atom stereocenters. The Bertz CT molecular complexity index is 1600. The summed E-state index contributed by atoms with van der Waals surface area (Å²) in [4.78, 5) is 8.15. The van der Waals surface area contributed by atoms with E-state index < -0.39 is 0 Å². The van der Waals surface area contributed by atoms with E-state index in [1.54, 1.807) is 24.8 Å².